The Hall–Kier alpha value is -1.73. The summed E-state index contributed by atoms with van der Waals surface area (Å²) in [7, 11) is -2.26. The number of pyridine rings is 1. The van der Waals surface area contributed by atoms with Crippen molar-refractivity contribution in [1.82, 2.24) is 4.98 Å². The average Bonchev–Trinajstić information content (AvgIpc) is 2.99. The van der Waals surface area contributed by atoms with Gasteiger partial charge in [-0.05, 0) is 13.0 Å². The molecule has 0 spiro atoms. The van der Waals surface area contributed by atoms with Crippen LogP contribution in [0.4, 0.5) is 11.5 Å². The lowest BCUT2D eigenvalue weighted by molar-refractivity contribution is 0.0989. The van der Waals surface area contributed by atoms with Crippen LogP contribution in [0.2, 0.25) is 0 Å². The van der Waals surface area contributed by atoms with Gasteiger partial charge in [-0.3, -0.25) is 4.99 Å². The van der Waals surface area contributed by atoms with Crippen molar-refractivity contribution in [2.75, 3.05) is 43.7 Å². The predicted molar refractivity (Wildman–Crippen MR) is 95.3 cm³/mol. The van der Waals surface area contributed by atoms with Crippen LogP contribution in [0.3, 0.4) is 0 Å². The molecule has 0 N–H and O–H groups in total. The van der Waals surface area contributed by atoms with Gasteiger partial charge in [0.1, 0.15) is 0 Å². The summed E-state index contributed by atoms with van der Waals surface area (Å²) in [5.41, 5.74) is 2.85. The molecular weight excluding hydrogens is 312 g/mol. The third-order valence-electron chi connectivity index (χ3n) is 3.75. The fourth-order valence-electron chi connectivity index (χ4n) is 2.72. The molecule has 0 radical (unpaired) electrons. The Balaban J connectivity index is 2.07. The number of nitrogens with zero attached hydrogens (tertiary/aromatic N) is 4. The minimum absolute atomic E-state index is 0.283. The monoisotopic (exact) mass is 334 g/mol. The van der Waals surface area contributed by atoms with Crippen molar-refractivity contribution in [3.05, 3.63) is 23.9 Å². The first-order chi connectivity index (χ1) is 10.9. The van der Waals surface area contributed by atoms with Gasteiger partial charge in [-0.1, -0.05) is 6.08 Å². The molecular formula is C16H22N4O2S. The van der Waals surface area contributed by atoms with Gasteiger partial charge in [-0.2, -0.15) is 4.36 Å². The number of anilines is 1. The Morgan fingerprint density at radius 3 is 2.87 bits per heavy atom. The first-order valence-corrected chi connectivity index (χ1v) is 9.99. The highest BCUT2D eigenvalue weighted by atomic mass is 32.2. The van der Waals surface area contributed by atoms with Crippen LogP contribution in [0.5, 0.6) is 0 Å². The van der Waals surface area contributed by atoms with Crippen molar-refractivity contribution in [1.29, 1.82) is 0 Å². The molecule has 1 fully saturated rings. The van der Waals surface area contributed by atoms with Crippen molar-refractivity contribution < 1.29 is 8.95 Å². The number of rotatable bonds is 3. The molecule has 1 aromatic rings. The van der Waals surface area contributed by atoms with Crippen LogP contribution < -0.4 is 4.90 Å². The average molecular weight is 334 g/mol. The van der Waals surface area contributed by atoms with Gasteiger partial charge in [0.25, 0.3) is 0 Å². The Morgan fingerprint density at radius 1 is 1.39 bits per heavy atom. The fourth-order valence-corrected chi connectivity index (χ4v) is 3.27. The second kappa shape index (κ2) is 6.41. The predicted octanol–water partition coefficient (Wildman–Crippen LogP) is 2.13. The highest BCUT2D eigenvalue weighted by Gasteiger charge is 2.21. The van der Waals surface area contributed by atoms with E-state index in [1.54, 1.807) is 12.5 Å². The Labute approximate surface area is 137 Å². The molecule has 0 bridgehead atoms. The van der Waals surface area contributed by atoms with Crippen LogP contribution in [0, 0.1) is 0 Å². The van der Waals surface area contributed by atoms with E-state index in [4.69, 9.17) is 4.74 Å². The Morgan fingerprint density at radius 2 is 2.22 bits per heavy atom. The molecule has 0 unspecified atom stereocenters. The normalized spacial score (nSPS) is 21.4. The zero-order valence-electron chi connectivity index (χ0n) is 13.7. The van der Waals surface area contributed by atoms with Gasteiger partial charge in [-0.15, -0.1) is 0 Å². The fraction of sp³-hybridized carbons (Fsp3) is 0.500. The summed E-state index contributed by atoms with van der Waals surface area (Å²) in [6.45, 7) is 5.05. The first-order valence-electron chi connectivity index (χ1n) is 7.66. The molecule has 0 saturated carbocycles. The highest BCUT2D eigenvalue weighted by molar-refractivity contribution is 7.92. The van der Waals surface area contributed by atoms with Gasteiger partial charge in [0.15, 0.2) is 5.82 Å². The molecule has 3 heterocycles. The molecule has 3 rings (SSSR count). The maximum atomic E-state index is 12.1. The van der Waals surface area contributed by atoms with Crippen molar-refractivity contribution in [2.24, 2.45) is 9.36 Å². The molecule has 1 saturated heterocycles. The van der Waals surface area contributed by atoms with Crippen LogP contribution in [-0.4, -0.2) is 60.3 Å². The van der Waals surface area contributed by atoms with Crippen LogP contribution >= 0.6 is 0 Å². The molecule has 23 heavy (non-hydrogen) atoms. The summed E-state index contributed by atoms with van der Waals surface area (Å²) < 4.78 is 21.9. The summed E-state index contributed by atoms with van der Waals surface area (Å²) in [6.07, 6.45) is 7.10. The number of morpholine rings is 1. The third kappa shape index (κ3) is 3.97. The molecule has 1 aromatic heterocycles. The summed E-state index contributed by atoms with van der Waals surface area (Å²) in [5, 5.41) is 0. The van der Waals surface area contributed by atoms with Crippen LogP contribution in [0.25, 0.3) is 5.57 Å². The molecule has 7 heteroatoms. The number of allylic oxidation sites excluding steroid dienone is 1. The molecule has 2 aliphatic heterocycles. The van der Waals surface area contributed by atoms with E-state index >= 15 is 0 Å². The van der Waals surface area contributed by atoms with Crippen molar-refractivity contribution in [3.63, 3.8) is 0 Å². The summed E-state index contributed by atoms with van der Waals surface area (Å²) in [4.78, 5) is 11.1. The maximum absolute atomic E-state index is 12.1. The molecule has 6 nitrogen and oxygen atoms in total. The van der Waals surface area contributed by atoms with Gasteiger partial charge >= 0.3 is 0 Å². The first kappa shape index (κ1) is 16.1. The Kier molecular flexibility index (Phi) is 4.50. The number of aromatic nitrogens is 1. The smallest absolute Gasteiger partial charge is 0.164 e. The highest BCUT2D eigenvalue weighted by Crippen LogP contribution is 2.28. The SMILES string of the molecule is C[C@@H]1COCCN1c1cc(N=S(C)(C)=O)nc(C2=CCN=C2)c1. The second-order valence-corrected chi connectivity index (χ2v) is 8.66. The summed E-state index contributed by atoms with van der Waals surface area (Å²) >= 11 is 0. The quantitative estimate of drug-likeness (QED) is 0.849. The molecule has 124 valence electrons. The molecule has 2 aliphatic rings. The number of ether oxygens (including phenoxy) is 1. The number of hydrogen-bond acceptors (Lipinski definition) is 6. The molecule has 0 aromatic carbocycles. The van der Waals surface area contributed by atoms with Crippen molar-refractivity contribution in [3.8, 4) is 0 Å². The van der Waals surface area contributed by atoms with Crippen LogP contribution in [0.1, 0.15) is 12.6 Å². The maximum Gasteiger partial charge on any atom is 0.164 e. The van der Waals surface area contributed by atoms with Crippen molar-refractivity contribution in [2.45, 2.75) is 13.0 Å². The second-order valence-electron chi connectivity index (χ2n) is 6.11. The lowest BCUT2D eigenvalue weighted by Crippen LogP contribution is -2.43. The van der Waals surface area contributed by atoms with Gasteiger partial charge in [0, 0.05) is 58.4 Å². The standard InChI is InChI=1S/C16H22N4O2S/c1-12-11-22-7-6-20(12)14-8-15(13-4-5-17-10-13)18-16(9-14)19-23(2,3)21/h4,8-10,12H,5-7,11H2,1-3H3/t12-/m1/s1. The van der Waals surface area contributed by atoms with E-state index in [1.165, 1.54) is 0 Å². The third-order valence-corrected chi connectivity index (χ3v) is 4.38. The van der Waals surface area contributed by atoms with Crippen LogP contribution in [0.15, 0.2) is 27.6 Å². The zero-order chi connectivity index (χ0) is 16.4. The van der Waals surface area contributed by atoms with Crippen molar-refractivity contribution >= 4 is 33.0 Å². The van der Waals surface area contributed by atoms with Gasteiger partial charge in [0.05, 0.1) is 25.5 Å². The summed E-state index contributed by atoms with van der Waals surface area (Å²) in [6, 6.07) is 4.24. The minimum atomic E-state index is -2.26. The van der Waals surface area contributed by atoms with Crippen LogP contribution in [-0.2, 0) is 14.5 Å². The molecule has 1 atom stereocenters. The van der Waals surface area contributed by atoms with E-state index in [0.29, 0.717) is 25.6 Å². The van der Waals surface area contributed by atoms with E-state index in [1.807, 2.05) is 18.4 Å². The number of aliphatic imine (C=N–C) groups is 1. The van der Waals surface area contributed by atoms with E-state index in [0.717, 1.165) is 23.5 Å². The minimum Gasteiger partial charge on any atom is -0.377 e. The largest absolute Gasteiger partial charge is 0.377 e. The lowest BCUT2D eigenvalue weighted by Gasteiger charge is -2.35. The van der Waals surface area contributed by atoms with Gasteiger partial charge < -0.3 is 9.64 Å². The van der Waals surface area contributed by atoms with E-state index in [2.05, 4.69) is 32.2 Å². The Bertz CT molecular complexity index is 750. The van der Waals surface area contributed by atoms with E-state index in [9.17, 15) is 4.21 Å². The van der Waals surface area contributed by atoms with Gasteiger partial charge in [-0.25, -0.2) is 9.19 Å². The van der Waals surface area contributed by atoms with E-state index in [-0.39, 0.29) is 6.04 Å². The zero-order valence-corrected chi connectivity index (χ0v) is 14.5. The lowest BCUT2D eigenvalue weighted by atomic mass is 10.1. The summed E-state index contributed by atoms with van der Waals surface area (Å²) in [5.74, 6) is 0.507. The number of hydrogen-bond donors (Lipinski definition) is 0. The molecule has 0 amide bonds. The van der Waals surface area contributed by atoms with E-state index < -0.39 is 9.73 Å². The topological polar surface area (TPSA) is 67.2 Å². The molecule has 0 aliphatic carbocycles. The van der Waals surface area contributed by atoms with Gasteiger partial charge in [0.2, 0.25) is 0 Å².